The van der Waals surface area contributed by atoms with Crippen LogP contribution in [0, 0.1) is 0 Å². The molecule has 1 heterocycles. The number of hydrogen-bond donors (Lipinski definition) is 2. The van der Waals surface area contributed by atoms with Crippen LogP contribution < -0.4 is 10.6 Å². The third-order valence-corrected chi connectivity index (χ3v) is 2.31. The molecule has 4 nitrogen and oxygen atoms in total. The minimum absolute atomic E-state index is 0.0244. The number of aliphatic hydroxyl groups excluding tert-OH is 1. The second kappa shape index (κ2) is 5.96. The molecule has 0 fully saturated rings. The van der Waals surface area contributed by atoms with Gasteiger partial charge in [-0.25, -0.2) is 4.98 Å². The number of thiocarbonyl (C=S) groups is 1. The van der Waals surface area contributed by atoms with Gasteiger partial charge in [0.1, 0.15) is 17.4 Å². The van der Waals surface area contributed by atoms with E-state index in [1.807, 2.05) is 0 Å². The average Bonchev–Trinajstić information content (AvgIpc) is 2.26. The van der Waals surface area contributed by atoms with Crippen molar-refractivity contribution in [2.24, 2.45) is 5.73 Å². The molecule has 0 radical (unpaired) electrons. The van der Waals surface area contributed by atoms with Crippen LogP contribution in [0.15, 0.2) is 18.3 Å². The minimum atomic E-state index is -4.40. The SMILES string of the molecule is NC(=S)c1cccnc1N(CCO)CC(F)(F)F. The quantitative estimate of drug-likeness (QED) is 0.790. The maximum atomic E-state index is 12.4. The number of nitrogens with two attached hydrogens (primary N) is 1. The molecular formula is C10H12F3N3OS. The summed E-state index contributed by atoms with van der Waals surface area (Å²) in [5.41, 5.74) is 5.69. The van der Waals surface area contributed by atoms with Gasteiger partial charge in [-0.1, -0.05) is 12.2 Å². The Kier molecular flexibility index (Phi) is 4.85. The van der Waals surface area contributed by atoms with Gasteiger partial charge in [-0.15, -0.1) is 0 Å². The number of hydrogen-bond acceptors (Lipinski definition) is 4. The highest BCUT2D eigenvalue weighted by molar-refractivity contribution is 7.80. The molecule has 8 heteroatoms. The van der Waals surface area contributed by atoms with Crippen molar-refractivity contribution in [1.82, 2.24) is 4.98 Å². The predicted molar refractivity (Wildman–Crippen MR) is 65.5 cm³/mol. The van der Waals surface area contributed by atoms with Gasteiger partial charge in [0.15, 0.2) is 0 Å². The normalized spacial score (nSPS) is 11.3. The number of rotatable bonds is 5. The molecule has 0 unspecified atom stereocenters. The molecule has 18 heavy (non-hydrogen) atoms. The molecule has 1 aromatic heterocycles. The van der Waals surface area contributed by atoms with Crippen molar-refractivity contribution in [2.45, 2.75) is 6.18 Å². The van der Waals surface area contributed by atoms with E-state index in [2.05, 4.69) is 4.98 Å². The molecule has 100 valence electrons. The van der Waals surface area contributed by atoms with Gasteiger partial charge in [0, 0.05) is 12.7 Å². The number of anilines is 1. The first-order chi connectivity index (χ1) is 8.35. The summed E-state index contributed by atoms with van der Waals surface area (Å²) in [6.07, 6.45) is -3.06. The average molecular weight is 279 g/mol. The third kappa shape index (κ3) is 4.11. The maximum Gasteiger partial charge on any atom is 0.405 e. The fourth-order valence-electron chi connectivity index (χ4n) is 1.44. The Morgan fingerprint density at radius 3 is 2.67 bits per heavy atom. The third-order valence-electron chi connectivity index (χ3n) is 2.09. The molecule has 0 aliphatic heterocycles. The molecule has 0 amide bonds. The summed E-state index contributed by atoms with van der Waals surface area (Å²) in [7, 11) is 0. The Bertz CT molecular complexity index is 425. The van der Waals surface area contributed by atoms with E-state index in [1.165, 1.54) is 18.3 Å². The van der Waals surface area contributed by atoms with Crippen LogP contribution in [0.5, 0.6) is 0 Å². The van der Waals surface area contributed by atoms with E-state index in [-0.39, 0.29) is 22.9 Å². The maximum absolute atomic E-state index is 12.4. The van der Waals surface area contributed by atoms with Crippen molar-refractivity contribution in [1.29, 1.82) is 0 Å². The second-order valence-electron chi connectivity index (χ2n) is 3.50. The first-order valence-electron chi connectivity index (χ1n) is 5.02. The number of halogens is 3. The van der Waals surface area contributed by atoms with Gasteiger partial charge in [-0.2, -0.15) is 13.2 Å². The Balaban J connectivity index is 3.09. The molecule has 0 saturated heterocycles. The number of aromatic nitrogens is 1. The fourth-order valence-corrected chi connectivity index (χ4v) is 1.60. The highest BCUT2D eigenvalue weighted by Gasteiger charge is 2.32. The Hall–Kier alpha value is -1.41. The lowest BCUT2D eigenvalue weighted by atomic mass is 10.2. The summed E-state index contributed by atoms with van der Waals surface area (Å²) in [4.78, 5) is 4.71. The smallest absolute Gasteiger partial charge is 0.395 e. The summed E-state index contributed by atoms with van der Waals surface area (Å²) < 4.78 is 37.3. The van der Waals surface area contributed by atoms with E-state index in [0.29, 0.717) is 0 Å². The summed E-state index contributed by atoms with van der Waals surface area (Å²) in [5, 5.41) is 8.82. The first kappa shape index (κ1) is 14.7. The van der Waals surface area contributed by atoms with Crippen LogP contribution in [-0.4, -0.2) is 41.0 Å². The lowest BCUT2D eigenvalue weighted by Crippen LogP contribution is -2.38. The van der Waals surface area contributed by atoms with E-state index in [4.69, 9.17) is 23.1 Å². The molecule has 0 aliphatic carbocycles. The summed E-state index contributed by atoms with van der Waals surface area (Å²) in [5.74, 6) is 0.0244. The highest BCUT2D eigenvalue weighted by Crippen LogP contribution is 2.23. The molecule has 0 aromatic carbocycles. The molecule has 1 aromatic rings. The van der Waals surface area contributed by atoms with Crippen LogP contribution in [-0.2, 0) is 0 Å². The molecule has 0 atom stereocenters. The van der Waals surface area contributed by atoms with Crippen LogP contribution in [0.1, 0.15) is 5.56 Å². The lowest BCUT2D eigenvalue weighted by Gasteiger charge is -2.25. The first-order valence-corrected chi connectivity index (χ1v) is 5.43. The number of pyridine rings is 1. The van der Waals surface area contributed by atoms with Crippen molar-refractivity contribution >= 4 is 23.0 Å². The zero-order valence-electron chi connectivity index (χ0n) is 9.31. The summed E-state index contributed by atoms with van der Waals surface area (Å²) in [6, 6.07) is 3.02. The summed E-state index contributed by atoms with van der Waals surface area (Å²) >= 11 is 4.76. The van der Waals surface area contributed by atoms with Gasteiger partial charge in [0.2, 0.25) is 0 Å². The molecule has 3 N–H and O–H groups in total. The molecular weight excluding hydrogens is 267 g/mol. The van der Waals surface area contributed by atoms with E-state index in [1.54, 1.807) is 0 Å². The second-order valence-corrected chi connectivity index (χ2v) is 3.94. The Morgan fingerprint density at radius 1 is 1.50 bits per heavy atom. The van der Waals surface area contributed by atoms with Crippen LogP contribution in [0.25, 0.3) is 0 Å². The Labute approximate surface area is 107 Å². The molecule has 0 spiro atoms. The van der Waals surface area contributed by atoms with Gasteiger partial charge in [0.05, 0.1) is 12.2 Å². The topological polar surface area (TPSA) is 62.4 Å². The molecule has 0 aliphatic rings. The van der Waals surface area contributed by atoms with Crippen LogP contribution >= 0.6 is 12.2 Å². The van der Waals surface area contributed by atoms with E-state index < -0.39 is 19.3 Å². The van der Waals surface area contributed by atoms with Gasteiger partial charge >= 0.3 is 6.18 Å². The van der Waals surface area contributed by atoms with Crippen LogP contribution in [0.3, 0.4) is 0 Å². The summed E-state index contributed by atoms with van der Waals surface area (Å²) in [6.45, 7) is -1.85. The molecule has 0 saturated carbocycles. The number of aliphatic hydroxyl groups is 1. The van der Waals surface area contributed by atoms with Crippen molar-refractivity contribution in [3.8, 4) is 0 Å². The predicted octanol–water partition coefficient (Wildman–Crippen LogP) is 1.08. The standard InChI is InChI=1S/C10H12F3N3OS/c11-10(12,13)6-16(4-5-17)9-7(8(14)18)2-1-3-15-9/h1-3,17H,4-6H2,(H2,14,18). The van der Waals surface area contributed by atoms with Gasteiger partial charge in [-0.3, -0.25) is 0 Å². The number of alkyl halides is 3. The van der Waals surface area contributed by atoms with E-state index in [0.717, 1.165) is 4.90 Å². The minimum Gasteiger partial charge on any atom is -0.395 e. The lowest BCUT2D eigenvalue weighted by molar-refractivity contribution is -0.120. The number of nitrogens with zero attached hydrogens (tertiary/aromatic N) is 2. The monoisotopic (exact) mass is 279 g/mol. The Morgan fingerprint density at radius 2 is 2.17 bits per heavy atom. The van der Waals surface area contributed by atoms with Crippen molar-refractivity contribution in [3.63, 3.8) is 0 Å². The zero-order chi connectivity index (χ0) is 13.8. The van der Waals surface area contributed by atoms with Crippen molar-refractivity contribution in [3.05, 3.63) is 23.9 Å². The molecule has 1 rings (SSSR count). The van der Waals surface area contributed by atoms with Gasteiger partial charge < -0.3 is 15.7 Å². The van der Waals surface area contributed by atoms with Gasteiger partial charge in [-0.05, 0) is 12.1 Å². The largest absolute Gasteiger partial charge is 0.405 e. The van der Waals surface area contributed by atoms with E-state index >= 15 is 0 Å². The molecule has 0 bridgehead atoms. The van der Waals surface area contributed by atoms with Crippen LogP contribution in [0.2, 0.25) is 0 Å². The van der Waals surface area contributed by atoms with Crippen LogP contribution in [0.4, 0.5) is 19.0 Å². The zero-order valence-corrected chi connectivity index (χ0v) is 10.1. The van der Waals surface area contributed by atoms with E-state index in [9.17, 15) is 13.2 Å². The van der Waals surface area contributed by atoms with Crippen molar-refractivity contribution in [2.75, 3.05) is 24.6 Å². The highest BCUT2D eigenvalue weighted by atomic mass is 32.1. The van der Waals surface area contributed by atoms with Gasteiger partial charge in [0.25, 0.3) is 0 Å². The fraction of sp³-hybridized carbons (Fsp3) is 0.400. The van der Waals surface area contributed by atoms with Crippen molar-refractivity contribution < 1.29 is 18.3 Å².